The maximum Gasteiger partial charge on any atom is 0.239 e. The van der Waals surface area contributed by atoms with Gasteiger partial charge >= 0.3 is 0 Å². The van der Waals surface area contributed by atoms with Crippen LogP contribution >= 0.6 is 0 Å². The SMILES string of the molecule is CC(C1CC1)N(C)C(=O)C1CCC2CCCCC2N1. The summed E-state index contributed by atoms with van der Waals surface area (Å²) in [5.74, 6) is 1.94. The molecule has 19 heavy (non-hydrogen) atoms. The number of nitrogens with zero attached hydrogens (tertiary/aromatic N) is 1. The third kappa shape index (κ3) is 2.81. The molecule has 3 fully saturated rings. The number of carbonyl (C=O) groups excluding carboxylic acids is 1. The van der Waals surface area contributed by atoms with E-state index in [1.165, 1.54) is 44.9 Å². The van der Waals surface area contributed by atoms with E-state index in [0.717, 1.165) is 18.3 Å². The first-order valence-corrected chi connectivity index (χ1v) is 8.19. The van der Waals surface area contributed by atoms with Crippen molar-refractivity contribution in [1.29, 1.82) is 0 Å². The normalized spacial score (nSPS) is 36.4. The van der Waals surface area contributed by atoms with Gasteiger partial charge in [0, 0.05) is 19.1 Å². The van der Waals surface area contributed by atoms with Crippen LogP contribution in [0.1, 0.15) is 58.3 Å². The molecule has 0 radical (unpaired) electrons. The molecule has 0 bridgehead atoms. The highest BCUT2D eigenvalue weighted by molar-refractivity contribution is 5.82. The molecule has 2 saturated carbocycles. The fraction of sp³-hybridized carbons (Fsp3) is 0.938. The number of amides is 1. The van der Waals surface area contributed by atoms with E-state index in [4.69, 9.17) is 0 Å². The molecule has 0 spiro atoms. The molecule has 2 aliphatic carbocycles. The molecule has 0 aromatic heterocycles. The molecule has 1 saturated heterocycles. The van der Waals surface area contributed by atoms with Crippen molar-refractivity contribution in [3.05, 3.63) is 0 Å². The molecule has 3 heteroatoms. The van der Waals surface area contributed by atoms with E-state index >= 15 is 0 Å². The van der Waals surface area contributed by atoms with Crippen molar-refractivity contribution in [2.45, 2.75) is 76.4 Å². The molecule has 0 aromatic carbocycles. The second-order valence-electron chi connectivity index (χ2n) is 6.97. The van der Waals surface area contributed by atoms with Gasteiger partial charge in [-0.3, -0.25) is 4.79 Å². The van der Waals surface area contributed by atoms with Gasteiger partial charge in [0.25, 0.3) is 0 Å². The second-order valence-corrected chi connectivity index (χ2v) is 6.97. The lowest BCUT2D eigenvalue weighted by Gasteiger charge is -2.41. The van der Waals surface area contributed by atoms with Crippen molar-refractivity contribution in [3.8, 4) is 0 Å². The fourth-order valence-corrected chi connectivity index (χ4v) is 4.03. The van der Waals surface area contributed by atoms with Crippen LogP contribution in [-0.4, -0.2) is 36.0 Å². The van der Waals surface area contributed by atoms with E-state index in [2.05, 4.69) is 12.2 Å². The topological polar surface area (TPSA) is 32.3 Å². The molecule has 0 aromatic rings. The van der Waals surface area contributed by atoms with Crippen LogP contribution < -0.4 is 5.32 Å². The number of hydrogen-bond donors (Lipinski definition) is 1. The Morgan fingerprint density at radius 1 is 1.11 bits per heavy atom. The number of likely N-dealkylation sites (N-methyl/N-ethyl adjacent to an activating group) is 1. The minimum atomic E-state index is 0.0885. The third-order valence-electron chi connectivity index (χ3n) is 5.71. The monoisotopic (exact) mass is 264 g/mol. The molecule has 3 nitrogen and oxygen atoms in total. The number of carbonyl (C=O) groups is 1. The molecule has 1 amide bonds. The van der Waals surface area contributed by atoms with Crippen LogP contribution in [0, 0.1) is 11.8 Å². The van der Waals surface area contributed by atoms with Crippen molar-refractivity contribution in [1.82, 2.24) is 10.2 Å². The van der Waals surface area contributed by atoms with Crippen molar-refractivity contribution < 1.29 is 4.79 Å². The van der Waals surface area contributed by atoms with E-state index in [9.17, 15) is 4.79 Å². The Hall–Kier alpha value is -0.570. The molecule has 108 valence electrons. The summed E-state index contributed by atoms with van der Waals surface area (Å²) in [5, 5.41) is 3.66. The third-order valence-corrected chi connectivity index (χ3v) is 5.71. The Labute approximate surface area is 117 Å². The molecule has 3 aliphatic rings. The summed E-state index contributed by atoms with van der Waals surface area (Å²) in [5.41, 5.74) is 0. The number of rotatable bonds is 3. The van der Waals surface area contributed by atoms with E-state index in [1.54, 1.807) is 0 Å². The summed E-state index contributed by atoms with van der Waals surface area (Å²) in [6.45, 7) is 2.21. The van der Waals surface area contributed by atoms with Crippen LogP contribution in [0.3, 0.4) is 0 Å². The zero-order valence-corrected chi connectivity index (χ0v) is 12.4. The molecule has 1 aliphatic heterocycles. The minimum Gasteiger partial charge on any atom is -0.341 e. The summed E-state index contributed by atoms with van der Waals surface area (Å²) in [6, 6.07) is 1.13. The van der Waals surface area contributed by atoms with Crippen LogP contribution in [0.2, 0.25) is 0 Å². The van der Waals surface area contributed by atoms with Crippen molar-refractivity contribution in [2.24, 2.45) is 11.8 Å². The zero-order valence-electron chi connectivity index (χ0n) is 12.4. The van der Waals surface area contributed by atoms with Crippen LogP contribution in [0.25, 0.3) is 0 Å². The van der Waals surface area contributed by atoms with Gasteiger partial charge in [0.1, 0.15) is 0 Å². The number of hydrogen-bond acceptors (Lipinski definition) is 2. The van der Waals surface area contributed by atoms with E-state index in [-0.39, 0.29) is 6.04 Å². The van der Waals surface area contributed by atoms with Crippen LogP contribution in [0.4, 0.5) is 0 Å². The van der Waals surface area contributed by atoms with Gasteiger partial charge < -0.3 is 10.2 Å². The second kappa shape index (κ2) is 5.43. The van der Waals surface area contributed by atoms with Crippen molar-refractivity contribution >= 4 is 5.91 Å². The zero-order chi connectivity index (χ0) is 13.4. The highest BCUT2D eigenvalue weighted by Gasteiger charge is 2.38. The molecule has 1 heterocycles. The first-order chi connectivity index (χ1) is 9.16. The van der Waals surface area contributed by atoms with Crippen LogP contribution in [0.15, 0.2) is 0 Å². The van der Waals surface area contributed by atoms with Gasteiger partial charge in [0.15, 0.2) is 0 Å². The molecule has 4 unspecified atom stereocenters. The summed E-state index contributed by atoms with van der Waals surface area (Å²) in [6.07, 6.45) is 10.3. The van der Waals surface area contributed by atoms with Crippen LogP contribution in [0.5, 0.6) is 0 Å². The molecule has 3 rings (SSSR count). The highest BCUT2D eigenvalue weighted by atomic mass is 16.2. The van der Waals surface area contributed by atoms with Gasteiger partial charge in [-0.05, 0) is 57.3 Å². The molecule has 4 atom stereocenters. The van der Waals surface area contributed by atoms with Gasteiger partial charge in [0.2, 0.25) is 5.91 Å². The highest BCUT2D eigenvalue weighted by Crippen LogP contribution is 2.36. The van der Waals surface area contributed by atoms with Crippen LogP contribution in [-0.2, 0) is 4.79 Å². The van der Waals surface area contributed by atoms with E-state index in [1.807, 2.05) is 11.9 Å². The lowest BCUT2D eigenvalue weighted by atomic mass is 9.77. The lowest BCUT2D eigenvalue weighted by Crippen LogP contribution is -2.56. The average molecular weight is 264 g/mol. The van der Waals surface area contributed by atoms with Gasteiger partial charge in [0.05, 0.1) is 6.04 Å². The van der Waals surface area contributed by atoms with Crippen molar-refractivity contribution in [2.75, 3.05) is 7.05 Å². The Kier molecular flexibility index (Phi) is 3.84. The standard InChI is InChI=1S/C16H28N2O/c1-11(12-7-8-12)18(2)16(19)15-10-9-13-5-3-4-6-14(13)17-15/h11-15,17H,3-10H2,1-2H3. The number of nitrogens with one attached hydrogen (secondary N) is 1. The Balaban J connectivity index is 1.57. The molecule has 1 N–H and O–H groups in total. The maximum atomic E-state index is 12.6. The summed E-state index contributed by atoms with van der Waals surface area (Å²) >= 11 is 0. The lowest BCUT2D eigenvalue weighted by molar-refractivity contribution is -0.135. The van der Waals surface area contributed by atoms with Gasteiger partial charge in [-0.2, -0.15) is 0 Å². The van der Waals surface area contributed by atoms with Gasteiger partial charge in [-0.25, -0.2) is 0 Å². The number of piperidine rings is 1. The largest absolute Gasteiger partial charge is 0.341 e. The first-order valence-electron chi connectivity index (χ1n) is 8.19. The van der Waals surface area contributed by atoms with E-state index < -0.39 is 0 Å². The van der Waals surface area contributed by atoms with Crippen molar-refractivity contribution in [3.63, 3.8) is 0 Å². The first kappa shape index (κ1) is 13.4. The summed E-state index contributed by atoms with van der Waals surface area (Å²) in [7, 11) is 2.00. The quantitative estimate of drug-likeness (QED) is 0.849. The predicted molar refractivity (Wildman–Crippen MR) is 76.9 cm³/mol. The Bertz CT molecular complexity index is 340. The average Bonchev–Trinajstić information content (AvgIpc) is 3.29. The molecular formula is C16H28N2O. The smallest absolute Gasteiger partial charge is 0.239 e. The molecular weight excluding hydrogens is 236 g/mol. The predicted octanol–water partition coefficient (Wildman–Crippen LogP) is 2.55. The summed E-state index contributed by atoms with van der Waals surface area (Å²) < 4.78 is 0. The Morgan fingerprint density at radius 3 is 2.58 bits per heavy atom. The van der Waals surface area contributed by atoms with E-state index in [0.29, 0.717) is 18.0 Å². The number of fused-ring (bicyclic) bond motifs is 1. The van der Waals surface area contributed by atoms with Gasteiger partial charge in [-0.15, -0.1) is 0 Å². The summed E-state index contributed by atoms with van der Waals surface area (Å²) in [4.78, 5) is 14.6. The fourth-order valence-electron chi connectivity index (χ4n) is 4.03. The Morgan fingerprint density at radius 2 is 1.84 bits per heavy atom. The van der Waals surface area contributed by atoms with Gasteiger partial charge in [-0.1, -0.05) is 12.8 Å². The minimum absolute atomic E-state index is 0.0885. The maximum absolute atomic E-state index is 12.6.